The molecule has 0 saturated carbocycles. The molecule has 1 aromatic carbocycles. The molecular formula is C15H17F2N5O2. The Morgan fingerprint density at radius 2 is 2.12 bits per heavy atom. The number of aliphatic imine (C=N–C) groups is 1. The summed E-state index contributed by atoms with van der Waals surface area (Å²) >= 11 is 0. The molecule has 7 nitrogen and oxygen atoms in total. The number of anilines is 1. The summed E-state index contributed by atoms with van der Waals surface area (Å²) in [5, 5.41) is 2.89. The van der Waals surface area contributed by atoms with E-state index in [1.807, 2.05) is 0 Å². The zero-order valence-corrected chi connectivity index (χ0v) is 12.8. The molecular weight excluding hydrogens is 320 g/mol. The first-order chi connectivity index (χ1) is 11.6. The number of guanidine groups is 1. The summed E-state index contributed by atoms with van der Waals surface area (Å²) < 4.78 is 37.3. The van der Waals surface area contributed by atoms with Gasteiger partial charge in [-0.05, 0) is 12.1 Å². The van der Waals surface area contributed by atoms with E-state index in [0.717, 1.165) is 11.0 Å². The summed E-state index contributed by atoms with van der Waals surface area (Å²) in [6, 6.07) is 5.30. The average molecular weight is 337 g/mol. The highest BCUT2D eigenvalue weighted by Crippen LogP contribution is 2.32. The van der Waals surface area contributed by atoms with E-state index in [1.165, 1.54) is 12.4 Å². The Morgan fingerprint density at radius 1 is 1.33 bits per heavy atom. The summed E-state index contributed by atoms with van der Waals surface area (Å²) in [5.74, 6) is 1.52. The third-order valence-corrected chi connectivity index (χ3v) is 3.37. The van der Waals surface area contributed by atoms with Crippen molar-refractivity contribution < 1.29 is 18.3 Å². The first kappa shape index (κ1) is 16.0. The van der Waals surface area contributed by atoms with Gasteiger partial charge in [-0.2, -0.15) is 8.78 Å². The van der Waals surface area contributed by atoms with Crippen LogP contribution in [0.5, 0.6) is 11.5 Å². The second kappa shape index (κ2) is 7.16. The largest absolute Gasteiger partial charge is 0.490 e. The van der Waals surface area contributed by atoms with Crippen molar-refractivity contribution in [1.29, 1.82) is 0 Å². The fraction of sp³-hybridized carbons (Fsp3) is 0.333. The molecule has 9 heteroatoms. The molecule has 3 N–H and O–H groups in total. The molecule has 2 heterocycles. The number of nitrogens with one attached hydrogen (secondary N) is 1. The van der Waals surface area contributed by atoms with Gasteiger partial charge >= 0.3 is 6.55 Å². The van der Waals surface area contributed by atoms with Gasteiger partial charge in [0.15, 0.2) is 17.5 Å². The molecule has 0 radical (unpaired) electrons. The summed E-state index contributed by atoms with van der Waals surface area (Å²) in [5.41, 5.74) is 6.46. The maximum Gasteiger partial charge on any atom is 0.319 e. The van der Waals surface area contributed by atoms with E-state index in [2.05, 4.69) is 15.3 Å². The van der Waals surface area contributed by atoms with Crippen LogP contribution in [0.25, 0.3) is 0 Å². The van der Waals surface area contributed by atoms with Gasteiger partial charge in [-0.25, -0.2) is 9.98 Å². The van der Waals surface area contributed by atoms with Gasteiger partial charge in [0, 0.05) is 30.6 Å². The average Bonchev–Trinajstić information content (AvgIpc) is 2.91. The molecule has 0 fully saturated rings. The first-order valence-corrected chi connectivity index (χ1v) is 7.40. The lowest BCUT2D eigenvalue weighted by molar-refractivity contribution is 0.0671. The lowest BCUT2D eigenvalue weighted by Crippen LogP contribution is -2.23. The van der Waals surface area contributed by atoms with Crippen LogP contribution in [0.15, 0.2) is 35.6 Å². The van der Waals surface area contributed by atoms with Gasteiger partial charge in [0.1, 0.15) is 12.4 Å². The highest BCUT2D eigenvalue weighted by molar-refractivity contribution is 5.92. The van der Waals surface area contributed by atoms with Gasteiger partial charge in [0.05, 0.1) is 13.2 Å². The van der Waals surface area contributed by atoms with E-state index < -0.39 is 6.55 Å². The van der Waals surface area contributed by atoms with Crippen LogP contribution in [0.1, 0.15) is 18.8 Å². The van der Waals surface area contributed by atoms with E-state index >= 15 is 0 Å². The van der Waals surface area contributed by atoms with Crippen molar-refractivity contribution in [3.63, 3.8) is 0 Å². The predicted molar refractivity (Wildman–Crippen MR) is 84.5 cm³/mol. The standard InChI is InChI=1S/C15H17F2N5O2/c16-14(17)22-5-4-19-13(22)9-20-15(18)21-10-2-3-11-12(8-10)24-7-1-6-23-11/h2-5,8,14H,1,6-7,9H2,(H3,18,20,21). The predicted octanol–water partition coefficient (Wildman–Crippen LogP) is 2.37. The molecule has 0 atom stereocenters. The fourth-order valence-corrected chi connectivity index (χ4v) is 2.23. The van der Waals surface area contributed by atoms with Gasteiger partial charge in [-0.3, -0.25) is 4.57 Å². The minimum Gasteiger partial charge on any atom is -0.490 e. The van der Waals surface area contributed by atoms with Crippen molar-refractivity contribution >= 4 is 11.6 Å². The highest BCUT2D eigenvalue weighted by Gasteiger charge is 2.12. The van der Waals surface area contributed by atoms with E-state index in [-0.39, 0.29) is 18.3 Å². The molecule has 128 valence electrons. The third kappa shape index (κ3) is 3.73. The second-order valence-corrected chi connectivity index (χ2v) is 5.07. The van der Waals surface area contributed by atoms with Gasteiger partial charge < -0.3 is 20.5 Å². The van der Waals surface area contributed by atoms with Crippen molar-refractivity contribution in [2.75, 3.05) is 18.5 Å². The molecule has 3 rings (SSSR count). The maximum absolute atomic E-state index is 12.7. The quantitative estimate of drug-likeness (QED) is 0.661. The number of nitrogens with zero attached hydrogens (tertiary/aromatic N) is 3. The number of rotatable bonds is 4. The minimum absolute atomic E-state index is 0.0548. The molecule has 24 heavy (non-hydrogen) atoms. The lowest BCUT2D eigenvalue weighted by atomic mass is 10.3. The van der Waals surface area contributed by atoms with Crippen LogP contribution in [0.2, 0.25) is 0 Å². The van der Waals surface area contributed by atoms with Gasteiger partial charge in [-0.1, -0.05) is 0 Å². The number of benzene rings is 1. The Bertz CT molecular complexity index is 732. The monoisotopic (exact) mass is 337 g/mol. The van der Waals surface area contributed by atoms with Crippen LogP contribution in [0.4, 0.5) is 14.5 Å². The molecule has 0 aliphatic carbocycles. The fourth-order valence-electron chi connectivity index (χ4n) is 2.23. The Kier molecular flexibility index (Phi) is 4.78. The lowest BCUT2D eigenvalue weighted by Gasteiger charge is -2.11. The molecule has 2 aromatic rings. The third-order valence-electron chi connectivity index (χ3n) is 3.37. The summed E-state index contributed by atoms with van der Waals surface area (Å²) in [4.78, 5) is 7.87. The Morgan fingerprint density at radius 3 is 2.92 bits per heavy atom. The molecule has 0 amide bonds. The summed E-state index contributed by atoms with van der Waals surface area (Å²) in [6.07, 6.45) is 3.31. The molecule has 0 saturated heterocycles. The number of aromatic nitrogens is 2. The van der Waals surface area contributed by atoms with E-state index in [1.54, 1.807) is 18.2 Å². The molecule has 1 aliphatic heterocycles. The molecule has 0 bridgehead atoms. The Hall–Kier alpha value is -2.84. The topological polar surface area (TPSA) is 86.7 Å². The van der Waals surface area contributed by atoms with Gasteiger partial charge in [0.25, 0.3) is 0 Å². The van der Waals surface area contributed by atoms with Crippen molar-refractivity contribution in [1.82, 2.24) is 9.55 Å². The zero-order chi connectivity index (χ0) is 16.9. The van der Waals surface area contributed by atoms with Crippen LogP contribution in [-0.2, 0) is 6.54 Å². The number of ether oxygens (including phenoxy) is 2. The molecule has 0 spiro atoms. The zero-order valence-electron chi connectivity index (χ0n) is 12.8. The van der Waals surface area contributed by atoms with Crippen molar-refractivity contribution in [3.05, 3.63) is 36.4 Å². The van der Waals surface area contributed by atoms with Crippen LogP contribution in [-0.4, -0.2) is 28.7 Å². The van der Waals surface area contributed by atoms with Crippen LogP contribution >= 0.6 is 0 Å². The Balaban J connectivity index is 1.67. The maximum atomic E-state index is 12.7. The molecule has 1 aliphatic rings. The van der Waals surface area contributed by atoms with E-state index in [0.29, 0.717) is 30.4 Å². The van der Waals surface area contributed by atoms with Crippen molar-refractivity contribution in [3.8, 4) is 11.5 Å². The second-order valence-electron chi connectivity index (χ2n) is 5.07. The van der Waals surface area contributed by atoms with Crippen LogP contribution in [0, 0.1) is 0 Å². The van der Waals surface area contributed by atoms with Crippen molar-refractivity contribution in [2.24, 2.45) is 10.7 Å². The van der Waals surface area contributed by atoms with Gasteiger partial charge in [-0.15, -0.1) is 0 Å². The number of imidazole rings is 1. The van der Waals surface area contributed by atoms with Gasteiger partial charge in [0.2, 0.25) is 0 Å². The van der Waals surface area contributed by atoms with E-state index in [4.69, 9.17) is 15.2 Å². The summed E-state index contributed by atoms with van der Waals surface area (Å²) in [6.45, 7) is -1.52. The molecule has 0 unspecified atom stereocenters. The normalized spacial score (nSPS) is 14.5. The number of hydrogen-bond donors (Lipinski definition) is 2. The number of fused-ring (bicyclic) bond motifs is 1. The van der Waals surface area contributed by atoms with Crippen LogP contribution < -0.4 is 20.5 Å². The first-order valence-electron chi connectivity index (χ1n) is 7.40. The minimum atomic E-state index is -2.66. The van der Waals surface area contributed by atoms with Crippen molar-refractivity contribution in [2.45, 2.75) is 19.5 Å². The number of hydrogen-bond acceptors (Lipinski definition) is 4. The van der Waals surface area contributed by atoms with E-state index in [9.17, 15) is 8.78 Å². The number of halogens is 2. The number of nitrogens with two attached hydrogens (primary N) is 1. The SMILES string of the molecule is NC(=NCc1nccn1C(F)F)Nc1ccc2c(c1)OCCCO2. The summed E-state index contributed by atoms with van der Waals surface area (Å²) in [7, 11) is 0. The number of alkyl halides is 2. The highest BCUT2D eigenvalue weighted by atomic mass is 19.3. The smallest absolute Gasteiger partial charge is 0.319 e. The van der Waals surface area contributed by atoms with Crippen LogP contribution in [0.3, 0.4) is 0 Å². The molecule has 1 aromatic heterocycles. The Labute approximate surface area is 137 Å².